The number of nitrogens with one attached hydrogen (secondary N) is 1. The summed E-state index contributed by atoms with van der Waals surface area (Å²) in [5.74, 6) is 1.55. The van der Waals surface area contributed by atoms with Gasteiger partial charge in [0.2, 0.25) is 0 Å². The quantitative estimate of drug-likeness (QED) is 0.749. The van der Waals surface area contributed by atoms with E-state index in [4.69, 9.17) is 0 Å². The fraction of sp³-hybridized carbons (Fsp3) is 1.00. The molecule has 1 aliphatic carbocycles. The Morgan fingerprint density at radius 2 is 1.93 bits per heavy atom. The predicted octanol–water partition coefficient (Wildman–Crippen LogP) is 0.952. The van der Waals surface area contributed by atoms with Gasteiger partial charge in [-0.15, -0.1) is 0 Å². The van der Waals surface area contributed by atoms with Crippen molar-refractivity contribution in [3.63, 3.8) is 0 Å². The Bertz CT molecular complexity index is 299. The summed E-state index contributed by atoms with van der Waals surface area (Å²) in [5.41, 5.74) is 0. The minimum Gasteiger partial charge on any atom is -0.310 e. The van der Waals surface area contributed by atoms with Crippen LogP contribution in [0.5, 0.6) is 0 Å². The van der Waals surface area contributed by atoms with Crippen LogP contribution in [-0.2, 0) is 9.84 Å². The summed E-state index contributed by atoms with van der Waals surface area (Å²) in [5, 5.41) is 3.48. The van der Waals surface area contributed by atoms with E-state index < -0.39 is 9.84 Å². The normalized spacial score (nSPS) is 41.6. The summed E-state index contributed by atoms with van der Waals surface area (Å²) in [6.45, 7) is 2.27. The van der Waals surface area contributed by atoms with E-state index >= 15 is 0 Å². The van der Waals surface area contributed by atoms with Gasteiger partial charge in [-0.1, -0.05) is 6.92 Å². The highest BCUT2D eigenvalue weighted by Gasteiger charge is 2.31. The minimum absolute atomic E-state index is 0.232. The molecule has 1 N–H and O–H groups in total. The number of sulfone groups is 1. The molecule has 1 aliphatic heterocycles. The van der Waals surface area contributed by atoms with Crippen molar-refractivity contribution in [2.75, 3.05) is 11.5 Å². The largest absolute Gasteiger partial charge is 0.310 e. The number of hydrogen-bond acceptors (Lipinski definition) is 3. The van der Waals surface area contributed by atoms with Gasteiger partial charge in [-0.2, -0.15) is 0 Å². The van der Waals surface area contributed by atoms with Crippen LogP contribution in [0.3, 0.4) is 0 Å². The van der Waals surface area contributed by atoms with E-state index in [-0.39, 0.29) is 6.04 Å². The Balaban J connectivity index is 1.82. The van der Waals surface area contributed by atoms with E-state index in [0.29, 0.717) is 17.5 Å². The van der Waals surface area contributed by atoms with Crippen molar-refractivity contribution in [3.05, 3.63) is 0 Å². The topological polar surface area (TPSA) is 46.2 Å². The molecule has 4 heteroatoms. The first kappa shape index (κ1) is 10.4. The summed E-state index contributed by atoms with van der Waals surface area (Å²) in [4.78, 5) is 0. The molecule has 2 fully saturated rings. The molecule has 1 saturated heterocycles. The van der Waals surface area contributed by atoms with Gasteiger partial charge in [0.25, 0.3) is 0 Å². The second-order valence-electron chi connectivity index (χ2n) is 4.88. The molecule has 1 heterocycles. The first-order chi connectivity index (χ1) is 6.55. The van der Waals surface area contributed by atoms with Crippen molar-refractivity contribution < 1.29 is 8.42 Å². The Kier molecular flexibility index (Phi) is 2.84. The highest BCUT2D eigenvalue weighted by atomic mass is 32.2. The highest BCUT2D eigenvalue weighted by Crippen LogP contribution is 2.26. The average molecular weight is 217 g/mol. The van der Waals surface area contributed by atoms with Gasteiger partial charge in [-0.3, -0.25) is 0 Å². The van der Waals surface area contributed by atoms with Crippen LogP contribution in [-0.4, -0.2) is 32.0 Å². The van der Waals surface area contributed by atoms with Crippen molar-refractivity contribution in [2.24, 2.45) is 5.92 Å². The average Bonchev–Trinajstić information content (AvgIpc) is 2.59. The van der Waals surface area contributed by atoms with Gasteiger partial charge in [-0.25, -0.2) is 8.42 Å². The van der Waals surface area contributed by atoms with Crippen LogP contribution in [0.1, 0.15) is 32.6 Å². The SMILES string of the molecule is C[C@@H]1CC[C@H](N[C@H]2CCS(=O)(=O)C2)C1. The third kappa shape index (κ3) is 2.48. The van der Waals surface area contributed by atoms with Gasteiger partial charge in [0, 0.05) is 12.1 Å². The zero-order chi connectivity index (χ0) is 10.2. The second kappa shape index (κ2) is 3.81. The summed E-state index contributed by atoms with van der Waals surface area (Å²) < 4.78 is 22.5. The second-order valence-corrected chi connectivity index (χ2v) is 7.11. The van der Waals surface area contributed by atoms with Gasteiger partial charge in [0.1, 0.15) is 0 Å². The van der Waals surface area contributed by atoms with E-state index in [9.17, 15) is 8.42 Å². The molecular formula is C10H19NO2S. The van der Waals surface area contributed by atoms with Crippen molar-refractivity contribution in [3.8, 4) is 0 Å². The fourth-order valence-corrected chi connectivity index (χ4v) is 4.30. The lowest BCUT2D eigenvalue weighted by molar-refractivity contribution is 0.443. The highest BCUT2D eigenvalue weighted by molar-refractivity contribution is 7.91. The van der Waals surface area contributed by atoms with E-state index in [1.165, 1.54) is 19.3 Å². The maximum atomic E-state index is 11.2. The van der Waals surface area contributed by atoms with Crippen molar-refractivity contribution in [1.82, 2.24) is 5.32 Å². The van der Waals surface area contributed by atoms with Gasteiger partial charge >= 0.3 is 0 Å². The van der Waals surface area contributed by atoms with E-state index in [2.05, 4.69) is 12.2 Å². The summed E-state index contributed by atoms with van der Waals surface area (Å²) in [6, 6.07) is 0.804. The third-order valence-electron chi connectivity index (χ3n) is 3.40. The van der Waals surface area contributed by atoms with Crippen LogP contribution in [0.25, 0.3) is 0 Å². The van der Waals surface area contributed by atoms with Gasteiger partial charge in [-0.05, 0) is 31.6 Å². The van der Waals surface area contributed by atoms with E-state index in [1.807, 2.05) is 0 Å². The standard InChI is InChI=1S/C10H19NO2S/c1-8-2-3-9(6-8)11-10-4-5-14(12,13)7-10/h8-11H,2-7H2,1H3/t8-,9+,10+/m1/s1. The smallest absolute Gasteiger partial charge is 0.151 e. The molecule has 2 rings (SSSR count). The summed E-state index contributed by atoms with van der Waals surface area (Å²) in [6.07, 6.45) is 4.54. The molecule has 1 saturated carbocycles. The minimum atomic E-state index is -2.71. The molecule has 0 bridgehead atoms. The van der Waals surface area contributed by atoms with Crippen LogP contribution >= 0.6 is 0 Å². The molecule has 0 aromatic carbocycles. The molecule has 82 valence electrons. The molecule has 14 heavy (non-hydrogen) atoms. The van der Waals surface area contributed by atoms with Crippen molar-refractivity contribution >= 4 is 9.84 Å². The lowest BCUT2D eigenvalue weighted by Gasteiger charge is -2.17. The first-order valence-corrected chi connectivity index (χ1v) is 7.34. The van der Waals surface area contributed by atoms with Crippen LogP contribution in [0, 0.1) is 5.92 Å². The molecule has 2 aliphatic rings. The van der Waals surface area contributed by atoms with E-state index in [1.54, 1.807) is 0 Å². The maximum Gasteiger partial charge on any atom is 0.151 e. The molecule has 0 aromatic heterocycles. The number of rotatable bonds is 2. The van der Waals surface area contributed by atoms with E-state index in [0.717, 1.165) is 12.3 Å². The Hall–Kier alpha value is -0.0900. The fourth-order valence-electron chi connectivity index (χ4n) is 2.62. The maximum absolute atomic E-state index is 11.2. The molecule has 0 radical (unpaired) electrons. The van der Waals surface area contributed by atoms with Gasteiger partial charge in [0.05, 0.1) is 11.5 Å². The Morgan fingerprint density at radius 3 is 2.43 bits per heavy atom. The molecule has 0 spiro atoms. The Morgan fingerprint density at radius 1 is 1.14 bits per heavy atom. The van der Waals surface area contributed by atoms with Gasteiger partial charge < -0.3 is 5.32 Å². The molecule has 0 amide bonds. The van der Waals surface area contributed by atoms with Crippen molar-refractivity contribution in [1.29, 1.82) is 0 Å². The molecule has 0 aromatic rings. The monoisotopic (exact) mass is 217 g/mol. The lowest BCUT2D eigenvalue weighted by atomic mass is 10.1. The predicted molar refractivity (Wildman–Crippen MR) is 57.0 cm³/mol. The molecule has 0 unspecified atom stereocenters. The zero-order valence-electron chi connectivity index (χ0n) is 8.70. The van der Waals surface area contributed by atoms with Crippen LogP contribution < -0.4 is 5.32 Å². The van der Waals surface area contributed by atoms with Crippen molar-refractivity contribution in [2.45, 2.75) is 44.7 Å². The third-order valence-corrected chi connectivity index (χ3v) is 5.17. The first-order valence-electron chi connectivity index (χ1n) is 5.51. The van der Waals surface area contributed by atoms with Crippen LogP contribution in [0.2, 0.25) is 0 Å². The molecular weight excluding hydrogens is 198 g/mol. The summed E-state index contributed by atoms with van der Waals surface area (Å²) in [7, 11) is -2.71. The van der Waals surface area contributed by atoms with Gasteiger partial charge in [0.15, 0.2) is 9.84 Å². The Labute approximate surface area is 86.2 Å². The molecule has 3 nitrogen and oxygen atoms in total. The number of hydrogen-bond donors (Lipinski definition) is 1. The van der Waals surface area contributed by atoms with Crippen LogP contribution in [0.15, 0.2) is 0 Å². The van der Waals surface area contributed by atoms with Crippen LogP contribution in [0.4, 0.5) is 0 Å². The molecule has 3 atom stereocenters. The zero-order valence-corrected chi connectivity index (χ0v) is 9.52. The summed E-state index contributed by atoms with van der Waals surface area (Å²) >= 11 is 0. The lowest BCUT2D eigenvalue weighted by Crippen LogP contribution is -2.37.